The van der Waals surface area contributed by atoms with Crippen LogP contribution in [-0.2, 0) is 0 Å². The van der Waals surface area contributed by atoms with Gasteiger partial charge in [0.1, 0.15) is 11.4 Å². The van der Waals surface area contributed by atoms with Crippen LogP contribution >= 0.6 is 0 Å². The van der Waals surface area contributed by atoms with Gasteiger partial charge in [-0.05, 0) is 85.5 Å². The lowest BCUT2D eigenvalue weighted by molar-refractivity contribution is 0.0640. The van der Waals surface area contributed by atoms with Crippen LogP contribution in [0, 0.1) is 23.7 Å². The van der Waals surface area contributed by atoms with E-state index in [4.69, 9.17) is 4.74 Å². The highest BCUT2D eigenvalue weighted by atomic mass is 16.5. The van der Waals surface area contributed by atoms with E-state index in [1.54, 1.807) is 19.5 Å². The number of aromatic nitrogens is 3. The van der Waals surface area contributed by atoms with Gasteiger partial charge < -0.3 is 14.9 Å². The molecular weight excluding hydrogens is 416 g/mol. The topological polar surface area (TPSA) is 91.6 Å². The van der Waals surface area contributed by atoms with E-state index in [2.05, 4.69) is 31.9 Å². The molecule has 1 fully saturated rings. The van der Waals surface area contributed by atoms with Crippen molar-refractivity contribution in [1.29, 1.82) is 0 Å². The SMILES string of the molecule is COc1ccc2nccc(C(O)CC[C@@H]3CCN(CC#Cc4cccnn4)C[C@@H]3CO)c2c1. The quantitative estimate of drug-likeness (QED) is 0.539. The van der Waals surface area contributed by atoms with Gasteiger partial charge in [-0.25, -0.2) is 0 Å². The molecule has 1 unspecified atom stereocenters. The van der Waals surface area contributed by atoms with Crippen molar-refractivity contribution in [1.82, 2.24) is 20.1 Å². The molecule has 0 amide bonds. The summed E-state index contributed by atoms with van der Waals surface area (Å²) in [5.41, 5.74) is 2.38. The zero-order valence-electron chi connectivity index (χ0n) is 18.9. The number of hydrogen-bond donors (Lipinski definition) is 2. The normalized spacial score (nSPS) is 19.6. The lowest BCUT2D eigenvalue weighted by Crippen LogP contribution is -2.42. The summed E-state index contributed by atoms with van der Waals surface area (Å²) in [5, 5.41) is 29.7. The summed E-state index contributed by atoms with van der Waals surface area (Å²) in [6.45, 7) is 2.53. The molecule has 3 heterocycles. The highest BCUT2D eigenvalue weighted by Gasteiger charge is 2.29. The second kappa shape index (κ2) is 11.2. The summed E-state index contributed by atoms with van der Waals surface area (Å²) in [6.07, 6.45) is 5.27. The van der Waals surface area contributed by atoms with E-state index in [0.717, 1.165) is 48.1 Å². The van der Waals surface area contributed by atoms with Crippen molar-refractivity contribution in [2.75, 3.05) is 33.4 Å². The van der Waals surface area contributed by atoms with Crippen LogP contribution in [0.25, 0.3) is 10.9 Å². The maximum atomic E-state index is 11.0. The van der Waals surface area contributed by atoms with Gasteiger partial charge in [-0.2, -0.15) is 5.10 Å². The van der Waals surface area contributed by atoms with E-state index in [0.29, 0.717) is 24.6 Å². The Hall–Kier alpha value is -3.05. The van der Waals surface area contributed by atoms with Crippen LogP contribution in [-0.4, -0.2) is 63.6 Å². The molecule has 4 rings (SSSR count). The lowest BCUT2D eigenvalue weighted by Gasteiger charge is -2.37. The van der Waals surface area contributed by atoms with Gasteiger partial charge in [-0.15, -0.1) is 5.10 Å². The van der Waals surface area contributed by atoms with Gasteiger partial charge in [-0.3, -0.25) is 9.88 Å². The number of piperidine rings is 1. The Morgan fingerprint density at radius 1 is 1.21 bits per heavy atom. The van der Waals surface area contributed by atoms with Crippen LogP contribution in [0.4, 0.5) is 0 Å². The molecule has 2 aromatic heterocycles. The Kier molecular flexibility index (Phi) is 7.84. The number of aliphatic hydroxyl groups is 2. The summed E-state index contributed by atoms with van der Waals surface area (Å²) in [6, 6.07) is 11.3. The fourth-order valence-corrected chi connectivity index (χ4v) is 4.59. The summed E-state index contributed by atoms with van der Waals surface area (Å²) < 4.78 is 5.35. The molecule has 0 saturated carbocycles. The predicted octanol–water partition coefficient (Wildman–Crippen LogP) is 2.83. The molecule has 172 valence electrons. The number of rotatable bonds is 7. The Balaban J connectivity index is 1.34. The molecule has 1 aromatic carbocycles. The molecule has 0 bridgehead atoms. The largest absolute Gasteiger partial charge is 0.497 e. The van der Waals surface area contributed by atoms with Gasteiger partial charge in [-0.1, -0.05) is 5.92 Å². The molecule has 1 saturated heterocycles. The van der Waals surface area contributed by atoms with Crippen molar-refractivity contribution in [2.24, 2.45) is 11.8 Å². The van der Waals surface area contributed by atoms with Gasteiger partial charge in [0.2, 0.25) is 0 Å². The number of aliphatic hydroxyl groups excluding tert-OH is 2. The molecule has 1 aliphatic rings. The summed E-state index contributed by atoms with van der Waals surface area (Å²) in [7, 11) is 1.64. The minimum Gasteiger partial charge on any atom is -0.497 e. The van der Waals surface area contributed by atoms with Gasteiger partial charge in [0.25, 0.3) is 0 Å². The summed E-state index contributed by atoms with van der Waals surface area (Å²) >= 11 is 0. The second-order valence-corrected chi connectivity index (χ2v) is 8.51. The fourth-order valence-electron chi connectivity index (χ4n) is 4.59. The molecule has 7 heteroatoms. The van der Waals surface area contributed by atoms with Gasteiger partial charge in [0.05, 0.1) is 25.3 Å². The van der Waals surface area contributed by atoms with Crippen LogP contribution in [0.15, 0.2) is 48.8 Å². The fraction of sp³-hybridized carbons (Fsp3) is 0.423. The molecular formula is C26H30N4O3. The maximum absolute atomic E-state index is 11.0. The number of methoxy groups -OCH3 is 1. The van der Waals surface area contributed by atoms with Crippen LogP contribution in [0.2, 0.25) is 0 Å². The highest BCUT2D eigenvalue weighted by molar-refractivity contribution is 5.83. The van der Waals surface area contributed by atoms with Crippen molar-refractivity contribution in [3.8, 4) is 17.6 Å². The number of ether oxygens (including phenoxy) is 1. The predicted molar refractivity (Wildman–Crippen MR) is 127 cm³/mol. The molecule has 0 aliphatic carbocycles. The monoisotopic (exact) mass is 446 g/mol. The molecule has 0 radical (unpaired) electrons. The number of hydrogen-bond acceptors (Lipinski definition) is 7. The number of likely N-dealkylation sites (tertiary alicyclic amines) is 1. The number of nitrogens with zero attached hydrogens (tertiary/aromatic N) is 4. The van der Waals surface area contributed by atoms with Crippen molar-refractivity contribution < 1.29 is 14.9 Å². The van der Waals surface area contributed by atoms with Crippen molar-refractivity contribution in [3.05, 3.63) is 60.0 Å². The zero-order chi connectivity index (χ0) is 23.0. The van der Waals surface area contributed by atoms with E-state index in [1.807, 2.05) is 36.4 Å². The summed E-state index contributed by atoms with van der Waals surface area (Å²) in [4.78, 5) is 6.68. The molecule has 1 aliphatic heterocycles. The molecule has 33 heavy (non-hydrogen) atoms. The Bertz CT molecular complexity index is 1110. The van der Waals surface area contributed by atoms with Crippen molar-refractivity contribution >= 4 is 10.9 Å². The molecule has 0 spiro atoms. The minimum absolute atomic E-state index is 0.143. The Labute approximate surface area is 194 Å². The van der Waals surface area contributed by atoms with E-state index in [1.165, 1.54) is 0 Å². The van der Waals surface area contributed by atoms with E-state index < -0.39 is 6.10 Å². The van der Waals surface area contributed by atoms with Crippen LogP contribution in [0.5, 0.6) is 5.75 Å². The van der Waals surface area contributed by atoms with Crippen molar-refractivity contribution in [2.45, 2.75) is 25.4 Å². The first-order valence-electron chi connectivity index (χ1n) is 11.4. The van der Waals surface area contributed by atoms with Crippen LogP contribution in [0.3, 0.4) is 0 Å². The lowest BCUT2D eigenvalue weighted by atomic mass is 9.81. The molecule has 3 atom stereocenters. The van der Waals surface area contributed by atoms with Gasteiger partial charge >= 0.3 is 0 Å². The third kappa shape index (κ3) is 5.85. The maximum Gasteiger partial charge on any atom is 0.135 e. The van der Waals surface area contributed by atoms with Crippen molar-refractivity contribution in [3.63, 3.8) is 0 Å². The minimum atomic E-state index is -0.585. The second-order valence-electron chi connectivity index (χ2n) is 8.51. The Morgan fingerprint density at radius 3 is 2.91 bits per heavy atom. The van der Waals surface area contributed by atoms with Gasteiger partial charge in [0.15, 0.2) is 0 Å². The first-order valence-corrected chi connectivity index (χ1v) is 11.4. The van der Waals surface area contributed by atoms with E-state index in [9.17, 15) is 10.2 Å². The third-order valence-corrected chi connectivity index (χ3v) is 6.45. The Morgan fingerprint density at radius 2 is 2.12 bits per heavy atom. The van der Waals surface area contributed by atoms with E-state index in [-0.39, 0.29) is 12.5 Å². The molecule has 2 N–H and O–H groups in total. The number of fused-ring (bicyclic) bond motifs is 1. The van der Waals surface area contributed by atoms with Gasteiger partial charge in [0, 0.05) is 30.9 Å². The number of benzene rings is 1. The van der Waals surface area contributed by atoms with Crippen LogP contribution in [0.1, 0.15) is 36.6 Å². The third-order valence-electron chi connectivity index (χ3n) is 6.45. The molecule has 3 aromatic rings. The van der Waals surface area contributed by atoms with E-state index >= 15 is 0 Å². The average molecular weight is 447 g/mol. The highest BCUT2D eigenvalue weighted by Crippen LogP contribution is 2.33. The smallest absolute Gasteiger partial charge is 0.135 e. The summed E-state index contributed by atoms with van der Waals surface area (Å²) in [5.74, 6) is 7.51. The first kappa shape index (κ1) is 23.1. The standard InChI is InChI=1S/C26H30N4O3/c1-33-22-7-8-25-24(16-22)23(10-13-27-25)26(32)9-6-19-11-15-30(17-20(19)18-31)14-3-5-21-4-2-12-28-29-21/h2,4,7-8,10,12-13,16,19-20,26,31-32H,6,9,11,14-15,17-18H2,1H3/t19-,20-,26?/m1/s1. The molecule has 7 nitrogen and oxygen atoms in total. The zero-order valence-corrected chi connectivity index (χ0v) is 18.9. The number of pyridine rings is 1. The average Bonchev–Trinajstić information content (AvgIpc) is 2.87. The van der Waals surface area contributed by atoms with Crippen LogP contribution < -0.4 is 4.74 Å². The first-order chi connectivity index (χ1) is 16.2.